The minimum absolute atomic E-state index is 0.145. The number of carbonyl (C=O) groups excluding carboxylic acids is 2. The molecule has 0 fully saturated rings. The van der Waals surface area contributed by atoms with E-state index in [0.717, 1.165) is 4.90 Å². The third-order valence-electron chi connectivity index (χ3n) is 3.57. The molecule has 0 heterocycles. The van der Waals surface area contributed by atoms with Crippen molar-refractivity contribution >= 4 is 52.5 Å². The van der Waals surface area contributed by atoms with E-state index in [1.807, 2.05) is 12.3 Å². The number of thioether (sulfide) groups is 1. The van der Waals surface area contributed by atoms with Crippen molar-refractivity contribution in [3.05, 3.63) is 52.0 Å². The first-order valence-electron chi connectivity index (χ1n) is 7.58. The number of rotatable bonds is 6. The second-order valence-electron chi connectivity index (χ2n) is 5.40. The van der Waals surface area contributed by atoms with Crippen LogP contribution in [0.5, 0.6) is 5.75 Å². The van der Waals surface area contributed by atoms with Crippen LogP contribution in [0.25, 0.3) is 0 Å². The Morgan fingerprint density at radius 3 is 2.58 bits per heavy atom. The lowest BCUT2D eigenvalue weighted by molar-refractivity contribution is -0.116. The molecule has 0 saturated heterocycles. The van der Waals surface area contributed by atoms with E-state index in [-0.39, 0.29) is 18.4 Å². The number of amides is 2. The maximum atomic E-state index is 12.6. The molecule has 0 unspecified atom stereocenters. The quantitative estimate of drug-likeness (QED) is 0.712. The molecule has 2 aromatic rings. The second-order valence-corrected chi connectivity index (χ2v) is 7.12. The number of benzene rings is 2. The highest BCUT2D eigenvalue weighted by Gasteiger charge is 2.19. The number of hydrogen-bond donors (Lipinski definition) is 1. The Balaban J connectivity index is 2.09. The van der Waals surface area contributed by atoms with E-state index in [1.54, 1.807) is 37.4 Å². The van der Waals surface area contributed by atoms with Crippen molar-refractivity contribution in [1.29, 1.82) is 0 Å². The van der Waals surface area contributed by atoms with Crippen molar-refractivity contribution in [3.63, 3.8) is 0 Å². The van der Waals surface area contributed by atoms with Gasteiger partial charge in [0, 0.05) is 17.0 Å². The van der Waals surface area contributed by atoms with Crippen LogP contribution < -0.4 is 10.1 Å². The fourth-order valence-electron chi connectivity index (χ4n) is 2.26. The van der Waals surface area contributed by atoms with Crippen LogP contribution in [-0.4, -0.2) is 43.7 Å². The van der Waals surface area contributed by atoms with Crippen LogP contribution in [0.1, 0.15) is 10.4 Å². The monoisotopic (exact) mass is 412 g/mol. The molecule has 0 radical (unpaired) electrons. The number of hydrogen-bond acceptors (Lipinski definition) is 4. The third kappa shape index (κ3) is 5.06. The van der Waals surface area contributed by atoms with E-state index >= 15 is 0 Å². The van der Waals surface area contributed by atoms with Gasteiger partial charge in [0.15, 0.2) is 0 Å². The molecule has 138 valence electrons. The van der Waals surface area contributed by atoms with Gasteiger partial charge in [0.25, 0.3) is 5.91 Å². The van der Waals surface area contributed by atoms with Crippen molar-refractivity contribution in [2.24, 2.45) is 0 Å². The number of likely N-dealkylation sites (N-methyl/N-ethyl adjacent to an activating group) is 1. The van der Waals surface area contributed by atoms with Gasteiger partial charge in [-0.2, -0.15) is 0 Å². The summed E-state index contributed by atoms with van der Waals surface area (Å²) in [6, 6.07) is 10.1. The molecular formula is C18H18Cl2N2O3S. The number of carbonyl (C=O) groups is 2. The number of halogens is 2. The Morgan fingerprint density at radius 2 is 1.92 bits per heavy atom. The predicted octanol–water partition coefficient (Wildman–Crippen LogP) is 4.43. The molecule has 2 amide bonds. The van der Waals surface area contributed by atoms with Crippen molar-refractivity contribution < 1.29 is 14.3 Å². The van der Waals surface area contributed by atoms with Crippen LogP contribution in [0, 0.1) is 0 Å². The lowest BCUT2D eigenvalue weighted by atomic mass is 10.2. The maximum Gasteiger partial charge on any atom is 0.255 e. The molecular weight excluding hydrogens is 395 g/mol. The minimum atomic E-state index is -0.376. The summed E-state index contributed by atoms with van der Waals surface area (Å²) in [5, 5.41) is 3.51. The topological polar surface area (TPSA) is 58.6 Å². The molecule has 26 heavy (non-hydrogen) atoms. The number of nitrogens with one attached hydrogen (secondary N) is 1. The zero-order chi connectivity index (χ0) is 19.3. The molecule has 0 bridgehead atoms. The Kier molecular flexibility index (Phi) is 7.20. The summed E-state index contributed by atoms with van der Waals surface area (Å²) in [5.74, 6) is -0.231. The smallest absolute Gasteiger partial charge is 0.255 e. The molecule has 0 atom stereocenters. The molecule has 0 aliphatic heterocycles. The Morgan fingerprint density at radius 1 is 1.19 bits per heavy atom. The standard InChI is InChI=1S/C18H18Cl2N2O3S/c1-22(18(24)13-9-12(26-3)5-6-14(13)20)10-17(23)21-15-8-11(19)4-7-16(15)25-2/h4-9H,10H2,1-3H3,(H,21,23). The van der Waals surface area contributed by atoms with E-state index in [0.29, 0.717) is 27.0 Å². The lowest BCUT2D eigenvalue weighted by Gasteiger charge is -2.18. The number of anilines is 1. The molecule has 5 nitrogen and oxygen atoms in total. The minimum Gasteiger partial charge on any atom is -0.495 e. The lowest BCUT2D eigenvalue weighted by Crippen LogP contribution is -2.35. The van der Waals surface area contributed by atoms with Crippen LogP contribution in [0.4, 0.5) is 5.69 Å². The number of methoxy groups -OCH3 is 1. The third-order valence-corrected chi connectivity index (χ3v) is 4.86. The molecule has 0 aliphatic rings. The normalized spacial score (nSPS) is 10.3. The first-order valence-corrected chi connectivity index (χ1v) is 9.56. The first-order chi connectivity index (χ1) is 12.3. The van der Waals surface area contributed by atoms with Gasteiger partial charge in [-0.25, -0.2) is 0 Å². The Bertz CT molecular complexity index is 830. The van der Waals surface area contributed by atoms with Gasteiger partial charge in [-0.1, -0.05) is 23.2 Å². The van der Waals surface area contributed by atoms with Crippen molar-refractivity contribution in [3.8, 4) is 5.75 Å². The van der Waals surface area contributed by atoms with Gasteiger partial charge in [-0.05, 0) is 42.7 Å². The summed E-state index contributed by atoms with van der Waals surface area (Å²) in [7, 11) is 3.04. The molecule has 2 aromatic carbocycles. The molecule has 0 spiro atoms. The summed E-state index contributed by atoms with van der Waals surface area (Å²) in [5.41, 5.74) is 0.794. The van der Waals surface area contributed by atoms with Crippen LogP contribution in [-0.2, 0) is 4.79 Å². The van der Waals surface area contributed by atoms with Gasteiger partial charge in [0.1, 0.15) is 5.75 Å². The summed E-state index contributed by atoms with van der Waals surface area (Å²) in [6.07, 6.45) is 1.91. The summed E-state index contributed by atoms with van der Waals surface area (Å²) >= 11 is 13.6. The zero-order valence-electron chi connectivity index (χ0n) is 14.5. The predicted molar refractivity (Wildman–Crippen MR) is 107 cm³/mol. The highest BCUT2D eigenvalue weighted by atomic mass is 35.5. The van der Waals surface area contributed by atoms with Gasteiger partial charge in [0.05, 0.1) is 29.9 Å². The highest BCUT2D eigenvalue weighted by molar-refractivity contribution is 7.98. The Labute approximate surface area is 166 Å². The van der Waals surface area contributed by atoms with Gasteiger partial charge in [-0.15, -0.1) is 11.8 Å². The van der Waals surface area contributed by atoms with E-state index in [4.69, 9.17) is 27.9 Å². The molecule has 2 rings (SSSR count). The first kappa shape index (κ1) is 20.4. The zero-order valence-corrected chi connectivity index (χ0v) is 16.8. The van der Waals surface area contributed by atoms with Gasteiger partial charge < -0.3 is 15.0 Å². The van der Waals surface area contributed by atoms with Gasteiger partial charge in [-0.3, -0.25) is 9.59 Å². The highest BCUT2D eigenvalue weighted by Crippen LogP contribution is 2.28. The summed E-state index contributed by atoms with van der Waals surface area (Å²) in [4.78, 5) is 27.1. The fourth-order valence-corrected chi connectivity index (χ4v) is 3.07. The molecule has 0 aromatic heterocycles. The van der Waals surface area contributed by atoms with Gasteiger partial charge >= 0.3 is 0 Å². The van der Waals surface area contributed by atoms with Gasteiger partial charge in [0.2, 0.25) is 5.91 Å². The van der Waals surface area contributed by atoms with Crippen molar-refractivity contribution in [1.82, 2.24) is 4.90 Å². The van der Waals surface area contributed by atoms with E-state index in [1.165, 1.54) is 23.8 Å². The average molecular weight is 413 g/mol. The number of ether oxygens (including phenoxy) is 1. The molecule has 8 heteroatoms. The summed E-state index contributed by atoms with van der Waals surface area (Å²) < 4.78 is 5.19. The van der Waals surface area contributed by atoms with E-state index in [9.17, 15) is 9.59 Å². The van der Waals surface area contributed by atoms with Crippen molar-refractivity contribution in [2.45, 2.75) is 4.90 Å². The largest absolute Gasteiger partial charge is 0.495 e. The molecule has 0 saturated carbocycles. The van der Waals surface area contributed by atoms with Crippen LogP contribution in [0.3, 0.4) is 0 Å². The fraction of sp³-hybridized carbons (Fsp3) is 0.222. The van der Waals surface area contributed by atoms with E-state index < -0.39 is 0 Å². The second kappa shape index (κ2) is 9.16. The maximum absolute atomic E-state index is 12.6. The van der Waals surface area contributed by atoms with Crippen LogP contribution >= 0.6 is 35.0 Å². The Hall–Kier alpha value is -1.89. The van der Waals surface area contributed by atoms with Crippen LogP contribution in [0.2, 0.25) is 10.0 Å². The summed E-state index contributed by atoms with van der Waals surface area (Å²) in [6.45, 7) is -0.145. The molecule has 1 N–H and O–H groups in total. The van der Waals surface area contributed by atoms with Crippen LogP contribution in [0.15, 0.2) is 41.3 Å². The van der Waals surface area contributed by atoms with E-state index in [2.05, 4.69) is 5.32 Å². The molecule has 0 aliphatic carbocycles. The average Bonchev–Trinajstić information content (AvgIpc) is 2.61. The number of nitrogens with zero attached hydrogens (tertiary/aromatic N) is 1. The SMILES string of the molecule is COc1ccc(Cl)cc1NC(=O)CN(C)C(=O)c1cc(SC)ccc1Cl. The van der Waals surface area contributed by atoms with Crippen molar-refractivity contribution in [2.75, 3.05) is 32.3 Å².